The highest BCUT2D eigenvalue weighted by molar-refractivity contribution is 5.86. The van der Waals surface area contributed by atoms with Gasteiger partial charge in [0.15, 0.2) is 6.10 Å². The van der Waals surface area contributed by atoms with E-state index in [0.717, 1.165) is 36.1 Å². The van der Waals surface area contributed by atoms with Gasteiger partial charge in [-0.25, -0.2) is 5.01 Å². The molecule has 0 aromatic heterocycles. The molecule has 0 unspecified atom stereocenters. The molecule has 0 spiro atoms. The van der Waals surface area contributed by atoms with Gasteiger partial charge >= 0.3 is 0 Å². The Labute approximate surface area is 195 Å². The van der Waals surface area contributed by atoms with E-state index in [1.807, 2.05) is 71.7 Å². The van der Waals surface area contributed by atoms with Crippen LogP contribution in [0, 0.1) is 0 Å². The molecule has 0 aliphatic carbocycles. The van der Waals surface area contributed by atoms with Gasteiger partial charge in [0, 0.05) is 13.7 Å². The van der Waals surface area contributed by atoms with Crippen molar-refractivity contribution in [3.8, 4) is 0 Å². The molecule has 2 fully saturated rings. The normalized spacial score (nSPS) is 21.2. The standard InChI is InChI=1S/C28H30N2O3/c1-32-28(23-14-7-3-8-15-23,24-16-9-4-10-17-24)26-18-11-19-29(26)30-20-25(27(30)31)33-21-22-12-5-2-6-13-22/h2-10,12-17,25-26H,11,18-21H2,1H3/t25-,26+/m1/s1. The Balaban J connectivity index is 1.39. The second-order valence-electron chi connectivity index (χ2n) is 8.70. The number of methoxy groups -OCH3 is 1. The molecule has 2 heterocycles. The van der Waals surface area contributed by atoms with Gasteiger partial charge in [0.05, 0.1) is 19.2 Å². The highest BCUT2D eigenvalue weighted by Gasteiger charge is 2.53. The summed E-state index contributed by atoms with van der Waals surface area (Å²) < 4.78 is 12.3. The Morgan fingerprint density at radius 2 is 1.45 bits per heavy atom. The predicted octanol–water partition coefficient (Wildman–Crippen LogP) is 4.38. The summed E-state index contributed by atoms with van der Waals surface area (Å²) in [5, 5.41) is 4.08. The van der Waals surface area contributed by atoms with Crippen LogP contribution in [0.5, 0.6) is 0 Å². The van der Waals surface area contributed by atoms with Crippen LogP contribution in [0.4, 0.5) is 0 Å². The lowest BCUT2D eigenvalue weighted by atomic mass is 9.79. The minimum Gasteiger partial charge on any atom is -0.367 e. The van der Waals surface area contributed by atoms with Gasteiger partial charge in [-0.15, -0.1) is 0 Å². The van der Waals surface area contributed by atoms with Gasteiger partial charge in [0.25, 0.3) is 5.91 Å². The molecule has 0 bridgehead atoms. The Kier molecular flexibility index (Phi) is 6.27. The summed E-state index contributed by atoms with van der Waals surface area (Å²) >= 11 is 0. The van der Waals surface area contributed by atoms with Crippen LogP contribution >= 0.6 is 0 Å². The summed E-state index contributed by atoms with van der Waals surface area (Å²) in [6.45, 7) is 1.85. The maximum absolute atomic E-state index is 13.1. The first-order valence-corrected chi connectivity index (χ1v) is 11.6. The second kappa shape index (κ2) is 9.48. The zero-order chi connectivity index (χ0) is 22.7. The van der Waals surface area contributed by atoms with Crippen molar-refractivity contribution in [3.05, 3.63) is 108 Å². The molecule has 5 nitrogen and oxygen atoms in total. The Hall–Kier alpha value is -2.99. The van der Waals surface area contributed by atoms with Gasteiger partial charge in [-0.3, -0.25) is 9.80 Å². The lowest BCUT2D eigenvalue weighted by molar-refractivity contribution is -0.205. The van der Waals surface area contributed by atoms with Gasteiger partial charge in [-0.1, -0.05) is 91.0 Å². The van der Waals surface area contributed by atoms with Crippen molar-refractivity contribution in [1.82, 2.24) is 10.0 Å². The molecule has 0 radical (unpaired) electrons. The number of hydrogen-bond acceptors (Lipinski definition) is 4. The maximum atomic E-state index is 13.1. The van der Waals surface area contributed by atoms with Crippen molar-refractivity contribution in [2.75, 3.05) is 20.2 Å². The third-order valence-electron chi connectivity index (χ3n) is 6.89. The zero-order valence-electron chi connectivity index (χ0n) is 19.0. The highest BCUT2D eigenvalue weighted by atomic mass is 16.5. The molecule has 33 heavy (non-hydrogen) atoms. The molecular weight excluding hydrogens is 412 g/mol. The Morgan fingerprint density at radius 3 is 2.00 bits per heavy atom. The smallest absolute Gasteiger partial charge is 0.268 e. The lowest BCUT2D eigenvalue weighted by Crippen LogP contribution is -2.67. The monoisotopic (exact) mass is 442 g/mol. The molecule has 3 aromatic carbocycles. The van der Waals surface area contributed by atoms with Gasteiger partial charge in [-0.2, -0.15) is 0 Å². The molecule has 2 aliphatic rings. The number of carbonyl (C=O) groups excluding carboxylic acids is 1. The minimum atomic E-state index is -0.671. The molecule has 170 valence electrons. The van der Waals surface area contributed by atoms with Crippen molar-refractivity contribution in [1.29, 1.82) is 0 Å². The van der Waals surface area contributed by atoms with Crippen molar-refractivity contribution >= 4 is 5.91 Å². The summed E-state index contributed by atoms with van der Waals surface area (Å²) in [6.07, 6.45) is 1.56. The number of rotatable bonds is 8. The fourth-order valence-electron chi connectivity index (χ4n) is 5.25. The first kappa shape index (κ1) is 21.8. The fraction of sp³-hybridized carbons (Fsp3) is 0.321. The third kappa shape index (κ3) is 3.97. The molecule has 0 N–H and O–H groups in total. The van der Waals surface area contributed by atoms with E-state index in [-0.39, 0.29) is 11.9 Å². The Morgan fingerprint density at radius 1 is 0.879 bits per heavy atom. The summed E-state index contributed by atoms with van der Waals surface area (Å²) in [6, 6.07) is 30.7. The molecule has 2 atom stereocenters. The highest BCUT2D eigenvalue weighted by Crippen LogP contribution is 2.44. The topological polar surface area (TPSA) is 42.0 Å². The zero-order valence-corrected chi connectivity index (χ0v) is 19.0. The van der Waals surface area contributed by atoms with Crippen molar-refractivity contribution in [2.45, 2.75) is 37.2 Å². The van der Waals surface area contributed by atoms with Gasteiger partial charge < -0.3 is 9.47 Å². The van der Waals surface area contributed by atoms with Crippen LogP contribution in [-0.4, -0.2) is 48.3 Å². The van der Waals surface area contributed by atoms with Crippen LogP contribution in [0.2, 0.25) is 0 Å². The quantitative estimate of drug-likeness (QED) is 0.486. The number of amides is 1. The van der Waals surface area contributed by atoms with E-state index in [2.05, 4.69) is 29.3 Å². The van der Waals surface area contributed by atoms with Crippen molar-refractivity contribution in [2.24, 2.45) is 0 Å². The number of nitrogens with zero attached hydrogens (tertiary/aromatic N) is 2. The second-order valence-corrected chi connectivity index (χ2v) is 8.70. The summed E-state index contributed by atoms with van der Waals surface area (Å²) in [4.78, 5) is 13.1. The average molecular weight is 443 g/mol. The number of carbonyl (C=O) groups is 1. The van der Waals surface area contributed by atoms with E-state index >= 15 is 0 Å². The van der Waals surface area contributed by atoms with Crippen molar-refractivity contribution in [3.63, 3.8) is 0 Å². The predicted molar refractivity (Wildman–Crippen MR) is 127 cm³/mol. The third-order valence-corrected chi connectivity index (χ3v) is 6.89. The molecule has 1 amide bonds. The van der Waals surface area contributed by atoms with Crippen LogP contribution in [0.15, 0.2) is 91.0 Å². The van der Waals surface area contributed by atoms with Crippen LogP contribution in [0.3, 0.4) is 0 Å². The minimum absolute atomic E-state index is 0.00585. The lowest BCUT2D eigenvalue weighted by Gasteiger charge is -2.50. The molecule has 0 saturated carbocycles. The van der Waals surface area contributed by atoms with E-state index < -0.39 is 11.7 Å². The maximum Gasteiger partial charge on any atom is 0.268 e. The largest absolute Gasteiger partial charge is 0.367 e. The number of benzene rings is 3. The fourth-order valence-corrected chi connectivity index (χ4v) is 5.25. The SMILES string of the molecule is COC(c1ccccc1)(c1ccccc1)[C@@H]1CCCN1N1C[C@@H](OCc2ccccc2)C1=O. The summed E-state index contributed by atoms with van der Waals surface area (Å²) in [5.41, 5.74) is 2.60. The van der Waals surface area contributed by atoms with E-state index in [0.29, 0.717) is 13.2 Å². The van der Waals surface area contributed by atoms with Gasteiger partial charge in [0.1, 0.15) is 5.60 Å². The van der Waals surface area contributed by atoms with Crippen LogP contribution < -0.4 is 0 Å². The van der Waals surface area contributed by atoms with Crippen molar-refractivity contribution < 1.29 is 14.3 Å². The number of hydrazine groups is 1. The van der Waals surface area contributed by atoms with Crippen LogP contribution in [0.1, 0.15) is 29.5 Å². The number of β-lactam (4-membered cyclic amide) rings is 1. The molecule has 2 saturated heterocycles. The van der Waals surface area contributed by atoms with E-state index in [4.69, 9.17) is 9.47 Å². The van der Waals surface area contributed by atoms with Gasteiger partial charge in [0.2, 0.25) is 0 Å². The molecule has 5 rings (SSSR count). The van der Waals surface area contributed by atoms with E-state index in [1.165, 1.54) is 0 Å². The van der Waals surface area contributed by atoms with E-state index in [9.17, 15) is 4.79 Å². The number of ether oxygens (including phenoxy) is 2. The molecular formula is C28H30N2O3. The van der Waals surface area contributed by atoms with Gasteiger partial charge in [-0.05, 0) is 29.5 Å². The number of hydrogen-bond donors (Lipinski definition) is 0. The summed E-state index contributed by atoms with van der Waals surface area (Å²) in [7, 11) is 1.78. The van der Waals surface area contributed by atoms with Crippen LogP contribution in [0.25, 0.3) is 0 Å². The first-order valence-electron chi connectivity index (χ1n) is 11.6. The Bertz CT molecular complexity index is 1020. The molecule has 3 aromatic rings. The first-order chi connectivity index (χ1) is 16.2. The van der Waals surface area contributed by atoms with E-state index in [1.54, 1.807) is 7.11 Å². The molecule has 5 heteroatoms. The summed E-state index contributed by atoms with van der Waals surface area (Å²) in [5.74, 6) is 0.0314. The average Bonchev–Trinajstić information content (AvgIpc) is 3.35. The molecule has 2 aliphatic heterocycles. The van der Waals surface area contributed by atoms with Crippen LogP contribution in [-0.2, 0) is 26.5 Å².